The number of aromatic nitrogens is 1. The molecule has 1 atom stereocenters. The molecule has 1 fully saturated rings. The number of fused-ring (bicyclic) bond motifs is 1. The van der Waals surface area contributed by atoms with E-state index >= 15 is 0 Å². The van der Waals surface area contributed by atoms with Crippen LogP contribution in [-0.4, -0.2) is 22.6 Å². The van der Waals surface area contributed by atoms with Gasteiger partial charge in [0.25, 0.3) is 0 Å². The van der Waals surface area contributed by atoms with Gasteiger partial charge in [0.1, 0.15) is 0 Å². The minimum absolute atomic E-state index is 0.190. The van der Waals surface area contributed by atoms with Gasteiger partial charge in [0.05, 0.1) is 11.6 Å². The standard InChI is InChI=1S/C19H20N2O2/c1-14-7-8-17-18(11-14)23-19(22)21(17)16-9-10-20(13-16)12-15-5-3-2-4-6-15/h2-8,11,16H,9-10,12-13H2,1H3. The summed E-state index contributed by atoms with van der Waals surface area (Å²) in [7, 11) is 0. The molecule has 2 aromatic carbocycles. The summed E-state index contributed by atoms with van der Waals surface area (Å²) in [6.45, 7) is 4.83. The summed E-state index contributed by atoms with van der Waals surface area (Å²) in [6.07, 6.45) is 0.981. The molecule has 1 unspecified atom stereocenters. The Morgan fingerprint density at radius 3 is 2.83 bits per heavy atom. The van der Waals surface area contributed by atoms with E-state index in [1.807, 2.05) is 35.8 Å². The zero-order chi connectivity index (χ0) is 15.8. The number of nitrogens with zero attached hydrogens (tertiary/aromatic N) is 2. The molecule has 0 spiro atoms. The average Bonchev–Trinajstić information content (AvgIpc) is 3.11. The molecule has 118 valence electrons. The molecule has 0 amide bonds. The van der Waals surface area contributed by atoms with Crippen LogP contribution in [0, 0.1) is 6.92 Å². The van der Waals surface area contributed by atoms with Crippen molar-refractivity contribution in [2.45, 2.75) is 25.9 Å². The number of aryl methyl sites for hydroxylation is 1. The van der Waals surface area contributed by atoms with Crippen LogP contribution >= 0.6 is 0 Å². The minimum Gasteiger partial charge on any atom is -0.408 e. The Kier molecular flexibility index (Phi) is 3.54. The van der Waals surface area contributed by atoms with Crippen LogP contribution in [0.1, 0.15) is 23.6 Å². The minimum atomic E-state index is -0.239. The van der Waals surface area contributed by atoms with Gasteiger partial charge < -0.3 is 4.42 Å². The zero-order valence-electron chi connectivity index (χ0n) is 13.2. The van der Waals surface area contributed by atoms with Crippen LogP contribution in [0.5, 0.6) is 0 Å². The van der Waals surface area contributed by atoms with Gasteiger partial charge in [-0.25, -0.2) is 4.79 Å². The molecular formula is C19H20N2O2. The molecule has 3 aromatic rings. The molecule has 0 bridgehead atoms. The Bertz CT molecular complexity index is 879. The lowest BCUT2D eigenvalue weighted by atomic mass is 10.2. The van der Waals surface area contributed by atoms with Gasteiger partial charge in [-0.05, 0) is 36.6 Å². The van der Waals surface area contributed by atoms with Crippen molar-refractivity contribution >= 4 is 11.1 Å². The molecule has 1 aromatic heterocycles. The van der Waals surface area contributed by atoms with Gasteiger partial charge in [-0.15, -0.1) is 0 Å². The van der Waals surface area contributed by atoms with Crippen LogP contribution in [0.25, 0.3) is 11.1 Å². The number of benzene rings is 2. The first-order valence-electron chi connectivity index (χ1n) is 8.09. The maximum atomic E-state index is 12.3. The maximum absolute atomic E-state index is 12.3. The van der Waals surface area contributed by atoms with Gasteiger partial charge >= 0.3 is 5.76 Å². The van der Waals surface area contributed by atoms with Crippen molar-refractivity contribution in [2.75, 3.05) is 13.1 Å². The van der Waals surface area contributed by atoms with Crippen molar-refractivity contribution in [3.05, 3.63) is 70.2 Å². The molecule has 4 heteroatoms. The predicted octanol–water partition coefficient (Wildman–Crippen LogP) is 3.35. The van der Waals surface area contributed by atoms with E-state index < -0.39 is 0 Å². The molecule has 1 saturated heterocycles. The molecule has 0 aliphatic carbocycles. The molecular weight excluding hydrogens is 288 g/mol. The second-order valence-corrected chi connectivity index (χ2v) is 6.37. The Morgan fingerprint density at radius 2 is 2.00 bits per heavy atom. The van der Waals surface area contributed by atoms with Crippen molar-refractivity contribution in [1.29, 1.82) is 0 Å². The van der Waals surface area contributed by atoms with Gasteiger partial charge in [0.15, 0.2) is 5.58 Å². The van der Waals surface area contributed by atoms with Crippen LogP contribution in [0.15, 0.2) is 57.7 Å². The molecule has 4 rings (SSSR count). The fourth-order valence-electron chi connectivity index (χ4n) is 3.50. The summed E-state index contributed by atoms with van der Waals surface area (Å²) in [6, 6.07) is 16.6. The van der Waals surface area contributed by atoms with Crippen molar-refractivity contribution in [3.63, 3.8) is 0 Å². The molecule has 0 N–H and O–H groups in total. The van der Waals surface area contributed by atoms with E-state index in [4.69, 9.17) is 4.42 Å². The largest absolute Gasteiger partial charge is 0.420 e. The molecule has 1 aliphatic rings. The Hall–Kier alpha value is -2.33. The third kappa shape index (κ3) is 2.70. The summed E-state index contributed by atoms with van der Waals surface area (Å²) in [4.78, 5) is 14.7. The van der Waals surface area contributed by atoms with Crippen LogP contribution in [0.3, 0.4) is 0 Å². The highest BCUT2D eigenvalue weighted by atomic mass is 16.4. The smallest absolute Gasteiger partial charge is 0.408 e. The molecule has 0 saturated carbocycles. The summed E-state index contributed by atoms with van der Waals surface area (Å²) < 4.78 is 7.27. The van der Waals surface area contributed by atoms with E-state index in [9.17, 15) is 4.79 Å². The summed E-state index contributed by atoms with van der Waals surface area (Å²) in [5.41, 5.74) is 4.02. The topological polar surface area (TPSA) is 38.4 Å². The number of hydrogen-bond acceptors (Lipinski definition) is 3. The van der Waals surface area contributed by atoms with Gasteiger partial charge in [0, 0.05) is 19.6 Å². The second kappa shape index (κ2) is 5.70. The lowest BCUT2D eigenvalue weighted by Crippen LogP contribution is -2.25. The van der Waals surface area contributed by atoms with Crippen molar-refractivity contribution in [1.82, 2.24) is 9.47 Å². The van der Waals surface area contributed by atoms with E-state index in [1.165, 1.54) is 5.56 Å². The number of rotatable bonds is 3. The fourth-order valence-corrected chi connectivity index (χ4v) is 3.50. The molecule has 0 radical (unpaired) electrons. The lowest BCUT2D eigenvalue weighted by Gasteiger charge is -2.16. The zero-order valence-corrected chi connectivity index (χ0v) is 13.2. The second-order valence-electron chi connectivity index (χ2n) is 6.37. The van der Waals surface area contributed by atoms with Crippen LogP contribution in [0.4, 0.5) is 0 Å². The van der Waals surface area contributed by atoms with Crippen LogP contribution < -0.4 is 5.76 Å². The first kappa shape index (κ1) is 14.3. The lowest BCUT2D eigenvalue weighted by molar-refractivity contribution is 0.313. The monoisotopic (exact) mass is 308 g/mol. The van der Waals surface area contributed by atoms with E-state index in [0.717, 1.165) is 37.1 Å². The Labute approximate surface area is 134 Å². The highest BCUT2D eigenvalue weighted by Crippen LogP contribution is 2.26. The highest BCUT2D eigenvalue weighted by molar-refractivity contribution is 5.73. The van der Waals surface area contributed by atoms with E-state index in [-0.39, 0.29) is 11.8 Å². The first-order chi connectivity index (χ1) is 11.2. The third-order valence-electron chi connectivity index (χ3n) is 4.63. The average molecular weight is 308 g/mol. The normalized spacial score (nSPS) is 18.7. The van der Waals surface area contributed by atoms with Crippen molar-refractivity contribution in [3.8, 4) is 0 Å². The van der Waals surface area contributed by atoms with Crippen LogP contribution in [0.2, 0.25) is 0 Å². The fraction of sp³-hybridized carbons (Fsp3) is 0.316. The SMILES string of the molecule is Cc1ccc2c(c1)oc(=O)n2C1CCN(Cc2ccccc2)C1. The highest BCUT2D eigenvalue weighted by Gasteiger charge is 2.27. The summed E-state index contributed by atoms with van der Waals surface area (Å²) >= 11 is 0. The van der Waals surface area contributed by atoms with Crippen molar-refractivity contribution in [2.24, 2.45) is 0 Å². The van der Waals surface area contributed by atoms with Gasteiger partial charge in [0.2, 0.25) is 0 Å². The molecule has 2 heterocycles. The number of likely N-dealkylation sites (tertiary alicyclic amines) is 1. The van der Waals surface area contributed by atoms with E-state index in [1.54, 1.807) is 0 Å². The third-order valence-corrected chi connectivity index (χ3v) is 4.63. The Balaban J connectivity index is 1.58. The molecule has 23 heavy (non-hydrogen) atoms. The number of hydrogen-bond donors (Lipinski definition) is 0. The maximum Gasteiger partial charge on any atom is 0.420 e. The quantitative estimate of drug-likeness (QED) is 0.745. The predicted molar refractivity (Wildman–Crippen MR) is 90.6 cm³/mol. The van der Waals surface area contributed by atoms with Gasteiger partial charge in [-0.2, -0.15) is 0 Å². The number of oxazole rings is 1. The summed E-state index contributed by atoms with van der Waals surface area (Å²) in [5.74, 6) is -0.239. The summed E-state index contributed by atoms with van der Waals surface area (Å²) in [5, 5.41) is 0. The Morgan fingerprint density at radius 1 is 1.17 bits per heavy atom. The van der Waals surface area contributed by atoms with Crippen molar-refractivity contribution < 1.29 is 4.42 Å². The first-order valence-corrected chi connectivity index (χ1v) is 8.09. The van der Waals surface area contributed by atoms with E-state index in [2.05, 4.69) is 29.2 Å². The van der Waals surface area contributed by atoms with Gasteiger partial charge in [-0.1, -0.05) is 36.4 Å². The van der Waals surface area contributed by atoms with E-state index in [0.29, 0.717) is 5.58 Å². The van der Waals surface area contributed by atoms with Crippen LogP contribution in [-0.2, 0) is 6.54 Å². The van der Waals surface area contributed by atoms with Gasteiger partial charge in [-0.3, -0.25) is 9.47 Å². The molecule has 4 nitrogen and oxygen atoms in total. The molecule has 1 aliphatic heterocycles.